The normalized spacial score (nSPS) is 12.0. The third kappa shape index (κ3) is 3.07. The molecule has 21 heavy (non-hydrogen) atoms. The first-order valence-corrected chi connectivity index (χ1v) is 6.53. The highest BCUT2D eigenvalue weighted by Gasteiger charge is 2.18. The zero-order valence-corrected chi connectivity index (χ0v) is 11.4. The van der Waals surface area contributed by atoms with E-state index >= 15 is 0 Å². The van der Waals surface area contributed by atoms with E-state index in [9.17, 15) is 14.9 Å². The number of carbonyl (C=O) groups is 1. The van der Waals surface area contributed by atoms with E-state index in [-0.39, 0.29) is 12.2 Å². The standard InChI is InChI=1S/C14H15N3O4/c1-2-9(14(18)19)8-16-11-5-6-12(17(20)21)10-4-3-7-15-13(10)11/h3-7,9,16H,2,8H2,1H3,(H,18,19). The number of anilines is 1. The van der Waals surface area contributed by atoms with Crippen molar-refractivity contribution in [1.82, 2.24) is 4.98 Å². The van der Waals surface area contributed by atoms with E-state index in [2.05, 4.69) is 10.3 Å². The number of benzene rings is 1. The molecule has 1 aromatic heterocycles. The Kier molecular flexibility index (Phi) is 4.32. The molecule has 0 spiro atoms. The van der Waals surface area contributed by atoms with Crippen molar-refractivity contribution in [3.8, 4) is 0 Å². The summed E-state index contributed by atoms with van der Waals surface area (Å²) in [5, 5.41) is 23.5. The Morgan fingerprint density at radius 1 is 1.48 bits per heavy atom. The minimum Gasteiger partial charge on any atom is -0.481 e. The molecule has 110 valence electrons. The van der Waals surface area contributed by atoms with Crippen LogP contribution in [0.4, 0.5) is 11.4 Å². The Morgan fingerprint density at radius 3 is 2.86 bits per heavy atom. The molecule has 2 aromatic rings. The summed E-state index contributed by atoms with van der Waals surface area (Å²) in [6, 6.07) is 6.21. The molecule has 1 atom stereocenters. The van der Waals surface area contributed by atoms with E-state index in [1.54, 1.807) is 31.3 Å². The largest absolute Gasteiger partial charge is 0.481 e. The molecule has 0 bridgehead atoms. The van der Waals surface area contributed by atoms with Gasteiger partial charge in [-0.25, -0.2) is 0 Å². The quantitative estimate of drug-likeness (QED) is 0.625. The molecule has 7 nitrogen and oxygen atoms in total. The van der Waals surface area contributed by atoms with Crippen molar-refractivity contribution >= 4 is 28.2 Å². The molecule has 1 heterocycles. The van der Waals surface area contributed by atoms with Gasteiger partial charge in [-0.2, -0.15) is 0 Å². The predicted octanol–water partition coefficient (Wildman–Crippen LogP) is 2.67. The first-order chi connectivity index (χ1) is 10.0. The Hall–Kier alpha value is -2.70. The molecule has 0 aliphatic rings. The van der Waals surface area contributed by atoms with E-state index in [0.717, 1.165) is 0 Å². The summed E-state index contributed by atoms with van der Waals surface area (Å²) < 4.78 is 0. The van der Waals surface area contributed by atoms with Gasteiger partial charge in [0.25, 0.3) is 5.69 Å². The molecule has 0 fully saturated rings. The van der Waals surface area contributed by atoms with Gasteiger partial charge in [0, 0.05) is 18.8 Å². The van der Waals surface area contributed by atoms with Gasteiger partial charge in [0.15, 0.2) is 0 Å². The van der Waals surface area contributed by atoms with Crippen LogP contribution in [0.1, 0.15) is 13.3 Å². The van der Waals surface area contributed by atoms with Crippen LogP contribution in [0.15, 0.2) is 30.5 Å². The smallest absolute Gasteiger partial charge is 0.308 e. The van der Waals surface area contributed by atoms with Crippen molar-refractivity contribution in [3.63, 3.8) is 0 Å². The Balaban J connectivity index is 2.35. The molecule has 2 rings (SSSR count). The summed E-state index contributed by atoms with van der Waals surface area (Å²) in [6.45, 7) is 2.04. The topological polar surface area (TPSA) is 105 Å². The lowest BCUT2D eigenvalue weighted by atomic mass is 10.1. The van der Waals surface area contributed by atoms with Crippen molar-refractivity contribution in [1.29, 1.82) is 0 Å². The van der Waals surface area contributed by atoms with Crippen LogP contribution in [0.5, 0.6) is 0 Å². The van der Waals surface area contributed by atoms with Crippen LogP contribution in [0.3, 0.4) is 0 Å². The summed E-state index contributed by atoms with van der Waals surface area (Å²) in [6.07, 6.45) is 2.05. The molecular formula is C14H15N3O4. The van der Waals surface area contributed by atoms with Gasteiger partial charge in [0.05, 0.1) is 21.9 Å². The SMILES string of the molecule is CCC(CNc1ccc([N+](=O)[O-])c2cccnc12)C(=O)O. The molecule has 0 saturated heterocycles. The van der Waals surface area contributed by atoms with Crippen LogP contribution in [0, 0.1) is 16.0 Å². The minimum atomic E-state index is -0.871. The van der Waals surface area contributed by atoms with Crippen LogP contribution < -0.4 is 5.32 Å². The number of pyridine rings is 1. The highest BCUT2D eigenvalue weighted by molar-refractivity contribution is 5.96. The van der Waals surface area contributed by atoms with Gasteiger partial charge in [-0.05, 0) is 24.6 Å². The number of nitro groups is 1. The fraction of sp³-hybridized carbons (Fsp3) is 0.286. The lowest BCUT2D eigenvalue weighted by Gasteiger charge is -2.13. The third-order valence-corrected chi connectivity index (χ3v) is 3.32. The number of carboxylic acids is 1. The molecule has 2 N–H and O–H groups in total. The maximum absolute atomic E-state index is 11.0. The lowest BCUT2D eigenvalue weighted by molar-refractivity contribution is -0.383. The number of hydrogen-bond donors (Lipinski definition) is 2. The third-order valence-electron chi connectivity index (χ3n) is 3.32. The fourth-order valence-corrected chi connectivity index (χ4v) is 2.10. The van der Waals surface area contributed by atoms with E-state index in [1.165, 1.54) is 6.07 Å². The zero-order valence-electron chi connectivity index (χ0n) is 11.4. The number of non-ortho nitro benzene ring substituents is 1. The molecule has 1 unspecified atom stereocenters. The van der Waals surface area contributed by atoms with Gasteiger partial charge < -0.3 is 10.4 Å². The molecule has 1 aromatic carbocycles. The average molecular weight is 289 g/mol. The second-order valence-electron chi connectivity index (χ2n) is 4.61. The van der Waals surface area contributed by atoms with E-state index < -0.39 is 16.8 Å². The van der Waals surface area contributed by atoms with Gasteiger partial charge in [0.2, 0.25) is 0 Å². The highest BCUT2D eigenvalue weighted by Crippen LogP contribution is 2.29. The van der Waals surface area contributed by atoms with Crippen molar-refractivity contribution in [2.24, 2.45) is 5.92 Å². The van der Waals surface area contributed by atoms with Gasteiger partial charge in [-0.3, -0.25) is 19.9 Å². The lowest BCUT2D eigenvalue weighted by Crippen LogP contribution is -2.22. The summed E-state index contributed by atoms with van der Waals surface area (Å²) in [7, 11) is 0. The monoisotopic (exact) mass is 289 g/mol. The number of carboxylic acid groups (broad SMARTS) is 1. The number of nitrogens with one attached hydrogen (secondary N) is 1. The number of rotatable bonds is 6. The number of fused-ring (bicyclic) bond motifs is 1. The number of hydrogen-bond acceptors (Lipinski definition) is 5. The van der Waals surface area contributed by atoms with Crippen molar-refractivity contribution in [2.75, 3.05) is 11.9 Å². The summed E-state index contributed by atoms with van der Waals surface area (Å²) in [5.74, 6) is -1.39. The summed E-state index contributed by atoms with van der Waals surface area (Å²) in [5.41, 5.74) is 1.04. The number of aliphatic carboxylic acids is 1. The van der Waals surface area contributed by atoms with Gasteiger partial charge in [0.1, 0.15) is 5.52 Å². The molecule has 0 saturated carbocycles. The predicted molar refractivity (Wildman–Crippen MR) is 78.3 cm³/mol. The van der Waals surface area contributed by atoms with Gasteiger partial charge in [-0.1, -0.05) is 6.92 Å². The molecular weight excluding hydrogens is 274 g/mol. The van der Waals surface area contributed by atoms with Crippen molar-refractivity contribution < 1.29 is 14.8 Å². The Morgan fingerprint density at radius 2 is 2.24 bits per heavy atom. The van der Waals surface area contributed by atoms with Crippen LogP contribution in [-0.2, 0) is 4.79 Å². The first-order valence-electron chi connectivity index (χ1n) is 6.53. The Labute approximate surface area is 120 Å². The van der Waals surface area contributed by atoms with Crippen molar-refractivity contribution in [3.05, 3.63) is 40.6 Å². The molecule has 0 aliphatic heterocycles. The van der Waals surface area contributed by atoms with E-state index in [0.29, 0.717) is 23.0 Å². The molecule has 7 heteroatoms. The fourth-order valence-electron chi connectivity index (χ4n) is 2.10. The minimum absolute atomic E-state index is 0.0195. The average Bonchev–Trinajstić information content (AvgIpc) is 2.47. The first kappa shape index (κ1) is 14.7. The molecule has 0 radical (unpaired) electrons. The highest BCUT2D eigenvalue weighted by atomic mass is 16.6. The number of aromatic nitrogens is 1. The number of nitrogens with zero attached hydrogens (tertiary/aromatic N) is 2. The van der Waals surface area contributed by atoms with Crippen LogP contribution in [0.25, 0.3) is 10.9 Å². The maximum Gasteiger partial charge on any atom is 0.308 e. The summed E-state index contributed by atoms with van der Waals surface area (Å²) >= 11 is 0. The molecule has 0 aliphatic carbocycles. The molecule has 0 amide bonds. The van der Waals surface area contributed by atoms with E-state index in [1.807, 2.05) is 0 Å². The van der Waals surface area contributed by atoms with Gasteiger partial charge >= 0.3 is 5.97 Å². The van der Waals surface area contributed by atoms with E-state index in [4.69, 9.17) is 5.11 Å². The van der Waals surface area contributed by atoms with Crippen LogP contribution >= 0.6 is 0 Å². The zero-order chi connectivity index (χ0) is 15.4. The maximum atomic E-state index is 11.0. The van der Waals surface area contributed by atoms with Crippen LogP contribution in [0.2, 0.25) is 0 Å². The second-order valence-corrected chi connectivity index (χ2v) is 4.61. The van der Waals surface area contributed by atoms with Crippen molar-refractivity contribution in [2.45, 2.75) is 13.3 Å². The Bertz CT molecular complexity index is 687. The van der Waals surface area contributed by atoms with Crippen LogP contribution in [-0.4, -0.2) is 27.5 Å². The second kappa shape index (κ2) is 6.17. The van der Waals surface area contributed by atoms with Gasteiger partial charge in [-0.15, -0.1) is 0 Å². The summed E-state index contributed by atoms with van der Waals surface area (Å²) in [4.78, 5) is 25.7. The number of nitro benzene ring substituents is 1.